The smallest absolute Gasteiger partial charge is 0.309 e. The van der Waals surface area contributed by atoms with E-state index in [4.69, 9.17) is 0 Å². The maximum Gasteiger partial charge on any atom is 0.309 e. The number of fused-ring (bicyclic) bond motifs is 1. The standard InChI is InChI=1S/C26H32FN5O3/c1-17-13-18(7-8-19(17)27)14-30-24(33)23-22-21(31-16-32-23)20(15-29-22)28-12-6-5-11-26(25(34)35)9-3-2-4-10-26/h7-8,13,15-16,28-29H,2-6,9-12,14H2,1H3,(H,30,33)(H,34,35). The number of aryl methyl sites for hydroxylation is 1. The van der Waals surface area contributed by atoms with Crippen molar-refractivity contribution in [3.8, 4) is 0 Å². The summed E-state index contributed by atoms with van der Waals surface area (Å²) in [5.41, 5.74) is 2.94. The van der Waals surface area contributed by atoms with Crippen LogP contribution in [-0.4, -0.2) is 38.5 Å². The van der Waals surface area contributed by atoms with Crippen LogP contribution in [-0.2, 0) is 11.3 Å². The molecule has 8 nitrogen and oxygen atoms in total. The number of unbranched alkanes of at least 4 members (excludes halogenated alkanes) is 1. The second kappa shape index (κ2) is 10.8. The Morgan fingerprint density at radius 3 is 2.71 bits per heavy atom. The molecule has 9 heteroatoms. The van der Waals surface area contributed by atoms with Crippen LogP contribution in [0.3, 0.4) is 0 Å². The first-order chi connectivity index (χ1) is 16.9. The van der Waals surface area contributed by atoms with Crippen molar-refractivity contribution in [3.63, 3.8) is 0 Å². The van der Waals surface area contributed by atoms with Crippen molar-refractivity contribution in [3.05, 3.63) is 53.4 Å². The Hall–Kier alpha value is -3.49. The molecule has 0 aliphatic heterocycles. The second-order valence-corrected chi connectivity index (χ2v) is 9.44. The van der Waals surface area contributed by atoms with Crippen LogP contribution in [0.5, 0.6) is 0 Å². The average Bonchev–Trinajstić information content (AvgIpc) is 3.28. The van der Waals surface area contributed by atoms with Crippen LogP contribution in [0, 0.1) is 18.2 Å². The molecule has 0 bridgehead atoms. The lowest BCUT2D eigenvalue weighted by atomic mass is 9.71. The summed E-state index contributed by atoms with van der Waals surface area (Å²) < 4.78 is 13.5. The van der Waals surface area contributed by atoms with Crippen molar-refractivity contribution in [1.82, 2.24) is 20.3 Å². The van der Waals surface area contributed by atoms with E-state index in [-0.39, 0.29) is 24.0 Å². The van der Waals surface area contributed by atoms with Gasteiger partial charge in [0.05, 0.1) is 16.6 Å². The number of anilines is 1. The van der Waals surface area contributed by atoms with Crippen molar-refractivity contribution in [1.29, 1.82) is 0 Å². The van der Waals surface area contributed by atoms with Gasteiger partial charge in [0.2, 0.25) is 0 Å². The first kappa shape index (κ1) is 24.6. The maximum atomic E-state index is 13.5. The topological polar surface area (TPSA) is 120 Å². The molecule has 0 radical (unpaired) electrons. The number of carbonyl (C=O) groups excluding carboxylic acids is 1. The molecule has 2 aromatic heterocycles. The summed E-state index contributed by atoms with van der Waals surface area (Å²) in [6.07, 6.45) is 10.2. The fraction of sp³-hybridized carbons (Fsp3) is 0.462. The molecule has 1 amide bonds. The summed E-state index contributed by atoms with van der Waals surface area (Å²) in [6, 6.07) is 4.73. The van der Waals surface area contributed by atoms with E-state index in [1.807, 2.05) is 0 Å². The fourth-order valence-corrected chi connectivity index (χ4v) is 4.94. The lowest BCUT2D eigenvalue weighted by Gasteiger charge is -2.33. The van der Waals surface area contributed by atoms with Gasteiger partial charge in [-0.1, -0.05) is 37.8 Å². The quantitative estimate of drug-likeness (QED) is 0.304. The highest BCUT2D eigenvalue weighted by atomic mass is 19.1. The number of nitrogens with one attached hydrogen (secondary N) is 3. The summed E-state index contributed by atoms with van der Waals surface area (Å²) in [5, 5.41) is 15.9. The van der Waals surface area contributed by atoms with E-state index >= 15 is 0 Å². The molecule has 0 saturated heterocycles. The Kier molecular flexibility index (Phi) is 7.63. The molecule has 1 saturated carbocycles. The summed E-state index contributed by atoms with van der Waals surface area (Å²) in [7, 11) is 0. The number of carbonyl (C=O) groups is 2. The lowest BCUT2D eigenvalue weighted by Crippen LogP contribution is -2.33. The number of carboxylic acid groups (broad SMARTS) is 1. The number of hydrogen-bond acceptors (Lipinski definition) is 5. The number of nitrogens with zero attached hydrogens (tertiary/aromatic N) is 2. The fourth-order valence-electron chi connectivity index (χ4n) is 4.94. The molecule has 1 fully saturated rings. The molecule has 35 heavy (non-hydrogen) atoms. The molecule has 3 aromatic rings. The number of carboxylic acids is 1. The highest BCUT2D eigenvalue weighted by molar-refractivity contribution is 6.05. The summed E-state index contributed by atoms with van der Waals surface area (Å²) in [6.45, 7) is 2.62. The minimum absolute atomic E-state index is 0.239. The van der Waals surface area contributed by atoms with Gasteiger partial charge >= 0.3 is 5.97 Å². The molecule has 0 atom stereocenters. The predicted octanol–water partition coefficient (Wildman–Crippen LogP) is 4.95. The zero-order valence-electron chi connectivity index (χ0n) is 20.0. The SMILES string of the molecule is Cc1cc(CNC(=O)c2ncnc3c(NCCCCC4(C(=O)O)CCCCC4)c[nH]c23)ccc1F. The van der Waals surface area contributed by atoms with Crippen LogP contribution < -0.4 is 10.6 Å². The number of halogens is 1. The van der Waals surface area contributed by atoms with Gasteiger partial charge in [-0.2, -0.15) is 0 Å². The summed E-state index contributed by atoms with van der Waals surface area (Å²) in [4.78, 5) is 36.2. The maximum absolute atomic E-state index is 13.5. The van der Waals surface area contributed by atoms with E-state index in [1.165, 1.54) is 12.4 Å². The number of aromatic amines is 1. The molecule has 4 rings (SSSR count). The predicted molar refractivity (Wildman–Crippen MR) is 132 cm³/mol. The second-order valence-electron chi connectivity index (χ2n) is 9.44. The van der Waals surface area contributed by atoms with Gasteiger partial charge in [-0.25, -0.2) is 14.4 Å². The van der Waals surface area contributed by atoms with Crippen molar-refractivity contribution in [2.24, 2.45) is 5.41 Å². The Morgan fingerprint density at radius 1 is 1.17 bits per heavy atom. The molecule has 0 spiro atoms. The first-order valence-electron chi connectivity index (χ1n) is 12.2. The third kappa shape index (κ3) is 5.61. The minimum Gasteiger partial charge on any atom is -0.481 e. The average molecular weight is 482 g/mol. The van der Waals surface area contributed by atoms with Crippen LogP contribution in [0.4, 0.5) is 10.1 Å². The molecule has 186 valence electrons. The molecule has 1 aliphatic rings. The summed E-state index contributed by atoms with van der Waals surface area (Å²) in [5.74, 6) is -1.28. The van der Waals surface area contributed by atoms with Crippen LogP contribution >= 0.6 is 0 Å². The summed E-state index contributed by atoms with van der Waals surface area (Å²) >= 11 is 0. The molecule has 1 aliphatic carbocycles. The van der Waals surface area contributed by atoms with E-state index < -0.39 is 11.4 Å². The molecular formula is C26H32FN5O3. The Bertz CT molecular complexity index is 1200. The van der Waals surface area contributed by atoms with Crippen LogP contribution in [0.1, 0.15) is 73.0 Å². The van der Waals surface area contributed by atoms with Crippen LogP contribution in [0.2, 0.25) is 0 Å². The zero-order valence-corrected chi connectivity index (χ0v) is 20.0. The van der Waals surface area contributed by atoms with Gasteiger partial charge < -0.3 is 20.7 Å². The van der Waals surface area contributed by atoms with Crippen molar-refractivity contribution >= 4 is 28.6 Å². The van der Waals surface area contributed by atoms with Gasteiger partial charge in [0, 0.05) is 19.3 Å². The van der Waals surface area contributed by atoms with E-state index in [9.17, 15) is 19.1 Å². The number of aromatic nitrogens is 3. The third-order valence-corrected chi connectivity index (χ3v) is 7.02. The highest BCUT2D eigenvalue weighted by Crippen LogP contribution is 2.40. The normalized spacial score (nSPS) is 15.1. The largest absolute Gasteiger partial charge is 0.481 e. The number of hydrogen-bond donors (Lipinski definition) is 4. The lowest BCUT2D eigenvalue weighted by molar-refractivity contribution is -0.151. The Balaban J connectivity index is 1.32. The van der Waals surface area contributed by atoms with Gasteiger partial charge in [0.25, 0.3) is 5.91 Å². The number of H-pyrrole nitrogens is 1. The minimum atomic E-state index is -0.654. The van der Waals surface area contributed by atoms with E-state index in [0.717, 1.165) is 56.2 Å². The third-order valence-electron chi connectivity index (χ3n) is 7.02. The molecule has 2 heterocycles. The van der Waals surface area contributed by atoms with Crippen molar-refractivity contribution in [2.75, 3.05) is 11.9 Å². The Labute approximate surface area is 203 Å². The highest BCUT2D eigenvalue weighted by Gasteiger charge is 2.38. The number of amides is 1. The van der Waals surface area contributed by atoms with Gasteiger partial charge in [-0.05, 0) is 49.8 Å². The molecule has 1 aromatic carbocycles. The number of rotatable bonds is 10. The van der Waals surface area contributed by atoms with Gasteiger partial charge in [0.1, 0.15) is 17.7 Å². The molecular weight excluding hydrogens is 449 g/mol. The van der Waals surface area contributed by atoms with Crippen LogP contribution in [0.15, 0.2) is 30.7 Å². The molecule has 4 N–H and O–H groups in total. The molecule has 0 unspecified atom stereocenters. The number of benzene rings is 1. The van der Waals surface area contributed by atoms with Crippen molar-refractivity contribution in [2.45, 2.75) is 64.8 Å². The van der Waals surface area contributed by atoms with E-state index in [0.29, 0.717) is 29.6 Å². The van der Waals surface area contributed by atoms with Gasteiger partial charge in [-0.3, -0.25) is 9.59 Å². The van der Waals surface area contributed by atoms with Gasteiger partial charge in [0.15, 0.2) is 5.69 Å². The first-order valence-corrected chi connectivity index (χ1v) is 12.2. The number of aliphatic carboxylic acids is 1. The monoisotopic (exact) mass is 481 g/mol. The Morgan fingerprint density at radius 2 is 1.97 bits per heavy atom. The van der Waals surface area contributed by atoms with E-state index in [1.54, 1.807) is 25.3 Å². The van der Waals surface area contributed by atoms with Crippen molar-refractivity contribution < 1.29 is 19.1 Å². The van der Waals surface area contributed by atoms with E-state index in [2.05, 4.69) is 25.6 Å². The van der Waals surface area contributed by atoms with Crippen LogP contribution in [0.25, 0.3) is 11.0 Å². The van der Waals surface area contributed by atoms with Gasteiger partial charge in [-0.15, -0.1) is 0 Å². The zero-order chi connectivity index (χ0) is 24.8.